The lowest BCUT2D eigenvalue weighted by Gasteiger charge is -2.10. The minimum absolute atomic E-state index is 0.0108. The molecule has 1 aromatic heterocycles. The molecule has 1 aromatic rings. The molecule has 0 saturated carbocycles. The van der Waals surface area contributed by atoms with Crippen LogP contribution in [0.4, 0.5) is 0 Å². The Morgan fingerprint density at radius 3 is 2.71 bits per heavy atom. The van der Waals surface area contributed by atoms with Crippen molar-refractivity contribution >= 4 is 10.0 Å². The van der Waals surface area contributed by atoms with Crippen molar-refractivity contribution in [2.45, 2.75) is 23.9 Å². The predicted molar refractivity (Wildman–Crippen MR) is 51.1 cm³/mol. The van der Waals surface area contributed by atoms with Crippen molar-refractivity contribution in [2.75, 3.05) is 0 Å². The number of nitrogens with zero attached hydrogens (tertiary/aromatic N) is 1. The number of hydrogen-bond donors (Lipinski definition) is 2. The van der Waals surface area contributed by atoms with E-state index in [1.165, 1.54) is 12.5 Å². The highest BCUT2D eigenvalue weighted by Gasteiger charge is 2.21. The number of aromatic amines is 1. The summed E-state index contributed by atoms with van der Waals surface area (Å²) >= 11 is 0. The molecule has 0 amide bonds. The van der Waals surface area contributed by atoms with E-state index in [2.05, 4.69) is 14.7 Å². The largest absolute Gasteiger partial charge is 0.335 e. The average molecular weight is 213 g/mol. The van der Waals surface area contributed by atoms with E-state index in [9.17, 15) is 8.42 Å². The summed E-state index contributed by atoms with van der Waals surface area (Å²) in [6.45, 7) is 0. The molecule has 0 saturated heterocycles. The number of H-pyrrole nitrogens is 1. The van der Waals surface area contributed by atoms with Crippen molar-refractivity contribution in [3.63, 3.8) is 0 Å². The molecule has 5 nitrogen and oxygen atoms in total. The second-order valence-electron chi connectivity index (χ2n) is 3.18. The Morgan fingerprint density at radius 1 is 1.43 bits per heavy atom. The molecule has 0 unspecified atom stereocenters. The predicted octanol–water partition coefficient (Wildman–Crippen LogP) is 0.407. The van der Waals surface area contributed by atoms with Crippen LogP contribution in [0, 0.1) is 0 Å². The van der Waals surface area contributed by atoms with Crippen molar-refractivity contribution in [3.05, 3.63) is 24.7 Å². The monoisotopic (exact) mass is 213 g/mol. The van der Waals surface area contributed by atoms with Gasteiger partial charge in [-0.15, -0.1) is 0 Å². The smallest absolute Gasteiger partial charge is 0.257 e. The molecule has 0 spiro atoms. The first-order chi connectivity index (χ1) is 6.68. The molecule has 2 rings (SSSR count). The maximum atomic E-state index is 11.6. The van der Waals surface area contributed by atoms with Gasteiger partial charge in [0.05, 0.1) is 12.5 Å². The van der Waals surface area contributed by atoms with Crippen LogP contribution in [-0.2, 0) is 10.0 Å². The number of nitrogens with one attached hydrogen (secondary N) is 2. The molecule has 76 valence electrons. The number of rotatable bonds is 3. The lowest BCUT2D eigenvalue weighted by molar-refractivity contribution is 0.554. The third kappa shape index (κ3) is 1.85. The zero-order valence-corrected chi connectivity index (χ0v) is 8.29. The Balaban J connectivity index is 2.10. The fraction of sp³-hybridized carbons (Fsp3) is 0.375. The fourth-order valence-corrected chi connectivity index (χ4v) is 2.55. The van der Waals surface area contributed by atoms with Crippen LogP contribution in [0.25, 0.3) is 0 Å². The summed E-state index contributed by atoms with van der Waals surface area (Å²) in [7, 11) is -3.41. The van der Waals surface area contributed by atoms with Gasteiger partial charge >= 0.3 is 0 Å². The van der Waals surface area contributed by atoms with E-state index in [4.69, 9.17) is 0 Å². The molecule has 0 aromatic carbocycles. The van der Waals surface area contributed by atoms with Gasteiger partial charge in [-0.2, -0.15) is 0 Å². The maximum absolute atomic E-state index is 11.6. The van der Waals surface area contributed by atoms with Crippen molar-refractivity contribution in [1.29, 1.82) is 0 Å². The summed E-state index contributed by atoms with van der Waals surface area (Å²) in [6.07, 6.45) is 8.10. The lowest BCUT2D eigenvalue weighted by Crippen LogP contribution is -2.33. The van der Waals surface area contributed by atoms with Crippen molar-refractivity contribution in [3.8, 4) is 0 Å². The van der Waals surface area contributed by atoms with Crippen LogP contribution in [0.3, 0.4) is 0 Å². The van der Waals surface area contributed by atoms with Crippen LogP contribution in [-0.4, -0.2) is 24.4 Å². The second-order valence-corrected chi connectivity index (χ2v) is 4.86. The Hall–Kier alpha value is -1.14. The number of aromatic nitrogens is 2. The molecule has 0 atom stereocenters. The van der Waals surface area contributed by atoms with E-state index in [1.54, 1.807) is 0 Å². The van der Waals surface area contributed by atoms with Crippen LogP contribution in [0.2, 0.25) is 0 Å². The van der Waals surface area contributed by atoms with Gasteiger partial charge < -0.3 is 4.98 Å². The number of imidazole rings is 1. The van der Waals surface area contributed by atoms with Gasteiger partial charge in [0.2, 0.25) is 0 Å². The minimum Gasteiger partial charge on any atom is -0.335 e. The third-order valence-corrected chi connectivity index (χ3v) is 3.54. The molecule has 0 aliphatic heterocycles. The fourth-order valence-electron chi connectivity index (χ4n) is 1.39. The van der Waals surface area contributed by atoms with Crippen molar-refractivity contribution in [2.24, 2.45) is 0 Å². The van der Waals surface area contributed by atoms with Crippen LogP contribution >= 0.6 is 0 Å². The van der Waals surface area contributed by atoms with Crippen LogP contribution in [0.1, 0.15) is 12.8 Å². The Bertz CT molecular complexity index is 413. The minimum atomic E-state index is -3.41. The normalized spacial score (nSPS) is 17.7. The van der Waals surface area contributed by atoms with E-state index in [0.717, 1.165) is 12.8 Å². The Kier molecular flexibility index (Phi) is 2.39. The highest BCUT2D eigenvalue weighted by atomic mass is 32.2. The van der Waals surface area contributed by atoms with E-state index >= 15 is 0 Å². The summed E-state index contributed by atoms with van der Waals surface area (Å²) in [4.78, 5) is 6.24. The molecule has 0 bridgehead atoms. The maximum Gasteiger partial charge on any atom is 0.257 e. The van der Waals surface area contributed by atoms with Gasteiger partial charge in [-0.25, -0.2) is 18.1 Å². The van der Waals surface area contributed by atoms with Gasteiger partial charge in [0.15, 0.2) is 5.03 Å². The van der Waals surface area contributed by atoms with Crippen LogP contribution in [0.15, 0.2) is 29.7 Å². The summed E-state index contributed by atoms with van der Waals surface area (Å²) in [6, 6.07) is -0.0108. The third-order valence-electron chi connectivity index (χ3n) is 2.09. The summed E-state index contributed by atoms with van der Waals surface area (Å²) in [5.74, 6) is 0. The molecule has 0 radical (unpaired) electrons. The van der Waals surface area contributed by atoms with E-state index in [-0.39, 0.29) is 11.1 Å². The number of hydrogen-bond acceptors (Lipinski definition) is 3. The zero-order chi connectivity index (χ0) is 10.0. The first-order valence-electron chi connectivity index (χ1n) is 4.34. The van der Waals surface area contributed by atoms with Gasteiger partial charge in [0.1, 0.15) is 0 Å². The second kappa shape index (κ2) is 3.55. The van der Waals surface area contributed by atoms with Gasteiger partial charge in [-0.1, -0.05) is 12.2 Å². The van der Waals surface area contributed by atoms with Gasteiger partial charge in [-0.05, 0) is 12.8 Å². The zero-order valence-electron chi connectivity index (χ0n) is 7.47. The van der Waals surface area contributed by atoms with Crippen LogP contribution in [0.5, 0.6) is 0 Å². The van der Waals surface area contributed by atoms with Gasteiger partial charge in [0.25, 0.3) is 10.0 Å². The van der Waals surface area contributed by atoms with Crippen LogP contribution < -0.4 is 4.72 Å². The quantitative estimate of drug-likeness (QED) is 0.714. The molecule has 6 heteroatoms. The van der Waals surface area contributed by atoms with Gasteiger partial charge in [0, 0.05) is 6.04 Å². The summed E-state index contributed by atoms with van der Waals surface area (Å²) in [5.41, 5.74) is 0. The average Bonchev–Trinajstić information content (AvgIpc) is 2.71. The first-order valence-corrected chi connectivity index (χ1v) is 5.82. The molecule has 1 aliphatic rings. The lowest BCUT2D eigenvalue weighted by atomic mass is 10.3. The number of sulfonamides is 1. The van der Waals surface area contributed by atoms with E-state index in [0.29, 0.717) is 0 Å². The summed E-state index contributed by atoms with van der Waals surface area (Å²) < 4.78 is 25.9. The summed E-state index contributed by atoms with van der Waals surface area (Å²) in [5, 5.41) is 0.115. The van der Waals surface area contributed by atoms with E-state index < -0.39 is 10.0 Å². The molecule has 1 aliphatic carbocycles. The molecular weight excluding hydrogens is 202 g/mol. The van der Waals surface area contributed by atoms with E-state index in [1.807, 2.05) is 12.2 Å². The molecule has 2 N–H and O–H groups in total. The Morgan fingerprint density at radius 2 is 2.14 bits per heavy atom. The highest BCUT2D eigenvalue weighted by Crippen LogP contribution is 2.12. The van der Waals surface area contributed by atoms with Gasteiger partial charge in [-0.3, -0.25) is 0 Å². The SMILES string of the molecule is O=S(=O)(NC1CC=CC1)c1cnc[nH]1. The molecule has 0 fully saturated rings. The highest BCUT2D eigenvalue weighted by molar-refractivity contribution is 7.89. The topological polar surface area (TPSA) is 74.8 Å². The first kappa shape index (κ1) is 9.42. The Labute approximate surface area is 82.3 Å². The molecule has 1 heterocycles. The van der Waals surface area contributed by atoms with Crippen molar-refractivity contribution < 1.29 is 8.42 Å². The van der Waals surface area contributed by atoms with Crippen molar-refractivity contribution in [1.82, 2.24) is 14.7 Å². The molecule has 14 heavy (non-hydrogen) atoms. The molecular formula is C8H11N3O2S. The standard InChI is InChI=1S/C8H11N3O2S/c12-14(13,8-5-9-6-10-8)11-7-3-1-2-4-7/h1-2,5-7,11H,3-4H2,(H,9,10).